The van der Waals surface area contributed by atoms with E-state index in [-0.39, 0.29) is 77.6 Å². The maximum absolute atomic E-state index is 14.0. The number of fused-ring (bicyclic) bond motifs is 2. The van der Waals surface area contributed by atoms with Gasteiger partial charge in [-0.15, -0.1) is 35.0 Å². The van der Waals surface area contributed by atoms with Crippen molar-refractivity contribution in [3.63, 3.8) is 0 Å². The Labute approximate surface area is 213 Å². The van der Waals surface area contributed by atoms with E-state index in [0.29, 0.717) is 6.42 Å². The molecule has 3 aromatic heterocycles. The van der Waals surface area contributed by atoms with E-state index in [1.165, 1.54) is 51.9 Å². The number of hydrogen-bond acceptors (Lipinski definition) is 5. The molecule has 194 valence electrons. The van der Waals surface area contributed by atoms with E-state index in [4.69, 9.17) is 5.73 Å². The number of likely N-dealkylation sites (tertiary alicyclic amines) is 1. The van der Waals surface area contributed by atoms with Gasteiger partial charge in [0, 0.05) is 30.7 Å². The lowest BCUT2D eigenvalue weighted by Gasteiger charge is -2.30. The maximum Gasteiger partial charge on any atom is 0.418 e. The SMILES string of the molecule is Cl.Cl.N[C@H]1CCN([C@H](c2ccc3nnc(-c4ccc5cccc(C(F)(F)F)c5n4)n3c2)C(F)(F)F)C1. The van der Waals surface area contributed by atoms with Gasteiger partial charge in [0.15, 0.2) is 11.5 Å². The molecule has 0 bridgehead atoms. The number of alkyl halides is 6. The number of nitrogens with two attached hydrogens (primary N) is 1. The first-order chi connectivity index (χ1) is 16.0. The molecule has 4 heterocycles. The first kappa shape index (κ1) is 27.9. The highest BCUT2D eigenvalue weighted by atomic mass is 35.5. The molecule has 2 atom stereocenters. The summed E-state index contributed by atoms with van der Waals surface area (Å²) < 4.78 is 83.8. The van der Waals surface area contributed by atoms with Crippen molar-refractivity contribution in [1.29, 1.82) is 0 Å². The molecule has 0 saturated carbocycles. The molecule has 4 aromatic rings. The van der Waals surface area contributed by atoms with Gasteiger partial charge in [-0.05, 0) is 30.2 Å². The quantitative estimate of drug-likeness (QED) is 0.342. The van der Waals surface area contributed by atoms with Gasteiger partial charge in [0.05, 0.1) is 11.1 Å². The highest BCUT2D eigenvalue weighted by Gasteiger charge is 2.46. The van der Waals surface area contributed by atoms with E-state index in [0.717, 1.165) is 6.07 Å². The topological polar surface area (TPSA) is 72.3 Å². The van der Waals surface area contributed by atoms with Crippen LogP contribution in [0.3, 0.4) is 0 Å². The van der Waals surface area contributed by atoms with Gasteiger partial charge in [0.2, 0.25) is 0 Å². The number of pyridine rings is 2. The third kappa shape index (κ3) is 5.08. The molecule has 1 saturated heterocycles. The summed E-state index contributed by atoms with van der Waals surface area (Å²) in [5.41, 5.74) is 4.88. The van der Waals surface area contributed by atoms with Gasteiger partial charge in [-0.2, -0.15) is 26.3 Å². The van der Waals surface area contributed by atoms with E-state index >= 15 is 0 Å². The Morgan fingerprint density at radius 2 is 1.69 bits per heavy atom. The summed E-state index contributed by atoms with van der Waals surface area (Å²) in [4.78, 5) is 5.43. The summed E-state index contributed by atoms with van der Waals surface area (Å²) >= 11 is 0. The fourth-order valence-corrected chi connectivity index (χ4v) is 4.40. The highest BCUT2D eigenvalue weighted by Crippen LogP contribution is 2.40. The monoisotopic (exact) mass is 552 g/mol. The summed E-state index contributed by atoms with van der Waals surface area (Å²) in [5, 5.41) is 8.22. The molecule has 0 amide bonds. The Balaban J connectivity index is 0.00000180. The Kier molecular flexibility index (Phi) is 7.75. The molecule has 1 aromatic carbocycles. The number of hydrogen-bond donors (Lipinski definition) is 1. The predicted octanol–water partition coefficient (Wildman–Crippen LogP) is 5.44. The number of para-hydroxylation sites is 1. The summed E-state index contributed by atoms with van der Waals surface area (Å²) in [5.74, 6) is 0.0368. The second kappa shape index (κ2) is 10.0. The molecule has 0 unspecified atom stereocenters. The van der Waals surface area contributed by atoms with Crippen molar-refractivity contribution in [2.45, 2.75) is 30.9 Å². The molecular formula is C22H20Cl2F6N6. The molecule has 1 aliphatic heterocycles. The predicted molar refractivity (Wildman–Crippen MR) is 126 cm³/mol. The molecule has 14 heteroatoms. The summed E-state index contributed by atoms with van der Waals surface area (Å²) in [6, 6.07) is 7.12. The molecule has 2 N–H and O–H groups in total. The average molecular weight is 553 g/mol. The molecule has 0 radical (unpaired) electrons. The van der Waals surface area contributed by atoms with Crippen molar-refractivity contribution in [3.05, 3.63) is 59.8 Å². The number of nitrogens with zero attached hydrogens (tertiary/aromatic N) is 5. The zero-order valence-corrected chi connectivity index (χ0v) is 19.9. The van der Waals surface area contributed by atoms with Gasteiger partial charge in [0.1, 0.15) is 11.7 Å². The number of rotatable bonds is 3. The molecule has 0 aliphatic carbocycles. The minimum Gasteiger partial charge on any atom is -0.326 e. The Morgan fingerprint density at radius 1 is 0.944 bits per heavy atom. The molecular weight excluding hydrogens is 533 g/mol. The lowest BCUT2D eigenvalue weighted by Crippen LogP contribution is -2.38. The Hall–Kier alpha value is -2.67. The minimum absolute atomic E-state index is 0. The van der Waals surface area contributed by atoms with Crippen molar-refractivity contribution in [2.75, 3.05) is 13.1 Å². The molecule has 1 aliphatic rings. The van der Waals surface area contributed by atoms with E-state index in [1.807, 2.05) is 0 Å². The van der Waals surface area contributed by atoms with Crippen LogP contribution in [0.5, 0.6) is 0 Å². The van der Waals surface area contributed by atoms with Crippen LogP contribution in [0, 0.1) is 0 Å². The number of benzene rings is 1. The zero-order valence-electron chi connectivity index (χ0n) is 18.3. The van der Waals surface area contributed by atoms with E-state index in [1.54, 1.807) is 0 Å². The molecule has 0 spiro atoms. The third-order valence-electron chi connectivity index (χ3n) is 5.93. The number of halogens is 8. The van der Waals surface area contributed by atoms with Crippen molar-refractivity contribution < 1.29 is 26.3 Å². The van der Waals surface area contributed by atoms with Crippen LogP contribution in [0.4, 0.5) is 26.3 Å². The second-order valence-electron chi connectivity index (χ2n) is 8.27. The average Bonchev–Trinajstić information content (AvgIpc) is 3.37. The zero-order chi connectivity index (χ0) is 24.3. The van der Waals surface area contributed by atoms with Crippen LogP contribution in [0.1, 0.15) is 23.6 Å². The Morgan fingerprint density at radius 3 is 2.33 bits per heavy atom. The largest absolute Gasteiger partial charge is 0.418 e. The Bertz CT molecular complexity index is 1370. The van der Waals surface area contributed by atoms with Crippen molar-refractivity contribution in [3.8, 4) is 11.5 Å². The summed E-state index contributed by atoms with van der Waals surface area (Å²) in [6.45, 7) is 0.300. The first-order valence-corrected chi connectivity index (χ1v) is 10.4. The fourth-order valence-electron chi connectivity index (χ4n) is 4.40. The van der Waals surface area contributed by atoms with Crippen molar-refractivity contribution in [1.82, 2.24) is 24.5 Å². The fraction of sp³-hybridized carbons (Fsp3) is 0.318. The normalized spacial score (nSPS) is 17.7. The molecule has 36 heavy (non-hydrogen) atoms. The van der Waals surface area contributed by atoms with Gasteiger partial charge >= 0.3 is 12.4 Å². The summed E-state index contributed by atoms with van der Waals surface area (Å²) in [7, 11) is 0. The van der Waals surface area contributed by atoms with Gasteiger partial charge < -0.3 is 5.73 Å². The van der Waals surface area contributed by atoms with Crippen LogP contribution in [-0.2, 0) is 6.18 Å². The van der Waals surface area contributed by atoms with E-state index in [2.05, 4.69) is 15.2 Å². The van der Waals surface area contributed by atoms with E-state index in [9.17, 15) is 26.3 Å². The van der Waals surface area contributed by atoms with Crippen molar-refractivity contribution in [2.24, 2.45) is 5.73 Å². The lowest BCUT2D eigenvalue weighted by molar-refractivity contribution is -0.183. The van der Waals surface area contributed by atoms with Crippen LogP contribution >= 0.6 is 24.8 Å². The van der Waals surface area contributed by atoms with Crippen LogP contribution in [0.2, 0.25) is 0 Å². The van der Waals surface area contributed by atoms with Crippen LogP contribution in [0.25, 0.3) is 28.1 Å². The first-order valence-electron chi connectivity index (χ1n) is 10.4. The third-order valence-corrected chi connectivity index (χ3v) is 5.93. The summed E-state index contributed by atoms with van der Waals surface area (Å²) in [6.07, 6.45) is -7.47. The highest BCUT2D eigenvalue weighted by molar-refractivity contribution is 5.86. The molecule has 5 rings (SSSR count). The molecule has 1 fully saturated rings. The van der Waals surface area contributed by atoms with Crippen LogP contribution < -0.4 is 5.73 Å². The standard InChI is InChI=1S/C22H18F6N6.2ClH/c23-21(24,25)15-3-1-2-12-4-6-16(30-18(12)15)20-32-31-17-7-5-13(10-34(17)20)19(22(26,27)28)33-9-8-14(29)11-33;;/h1-7,10,14,19H,8-9,11,29H2;2*1H/t14-,19+;;/m0../s1. The smallest absolute Gasteiger partial charge is 0.326 e. The van der Waals surface area contributed by atoms with Crippen LogP contribution in [0.15, 0.2) is 48.7 Å². The minimum atomic E-state index is -4.62. The second-order valence-corrected chi connectivity index (χ2v) is 8.27. The van der Waals surface area contributed by atoms with Gasteiger partial charge in [-0.1, -0.05) is 24.3 Å². The van der Waals surface area contributed by atoms with Crippen molar-refractivity contribution >= 4 is 41.4 Å². The molecule has 6 nitrogen and oxygen atoms in total. The maximum atomic E-state index is 14.0. The van der Waals surface area contributed by atoms with Crippen LogP contribution in [-0.4, -0.2) is 49.8 Å². The van der Waals surface area contributed by atoms with Gasteiger partial charge in [-0.25, -0.2) is 4.98 Å². The number of aromatic nitrogens is 4. The van der Waals surface area contributed by atoms with E-state index < -0.39 is 24.0 Å². The van der Waals surface area contributed by atoms with Gasteiger partial charge in [0.25, 0.3) is 0 Å². The lowest BCUT2D eigenvalue weighted by atomic mass is 10.1. The van der Waals surface area contributed by atoms with Gasteiger partial charge in [-0.3, -0.25) is 9.30 Å².